The highest BCUT2D eigenvalue weighted by Gasteiger charge is 2.29. The van der Waals surface area contributed by atoms with E-state index in [4.69, 9.17) is 4.74 Å². The van der Waals surface area contributed by atoms with Gasteiger partial charge in [-0.1, -0.05) is 18.2 Å². The number of hydrogen-bond donors (Lipinski definition) is 1. The van der Waals surface area contributed by atoms with Crippen molar-refractivity contribution in [2.24, 2.45) is 0 Å². The second kappa shape index (κ2) is 9.34. The zero-order chi connectivity index (χ0) is 20.9. The second-order valence-corrected chi connectivity index (χ2v) is 8.55. The van der Waals surface area contributed by atoms with Gasteiger partial charge in [-0.15, -0.1) is 0 Å². The summed E-state index contributed by atoms with van der Waals surface area (Å²) < 4.78 is 45.5. The van der Waals surface area contributed by atoms with Crippen LogP contribution in [0.1, 0.15) is 6.92 Å². The van der Waals surface area contributed by atoms with Crippen molar-refractivity contribution in [3.8, 4) is 5.75 Å². The molecule has 1 aliphatic heterocycles. The number of amides is 1. The van der Waals surface area contributed by atoms with Crippen molar-refractivity contribution >= 4 is 21.6 Å². The molecule has 3 rings (SSSR count). The smallest absolute Gasteiger partial charge is 0.243 e. The van der Waals surface area contributed by atoms with E-state index >= 15 is 0 Å². The van der Waals surface area contributed by atoms with Crippen molar-refractivity contribution in [3.63, 3.8) is 0 Å². The summed E-state index contributed by atoms with van der Waals surface area (Å²) in [5.74, 6) is -0.179. The first kappa shape index (κ1) is 21.2. The number of carbonyl (C=O) groups is 1. The number of nitrogens with zero attached hydrogens (tertiary/aromatic N) is 2. The van der Waals surface area contributed by atoms with Crippen molar-refractivity contribution in [3.05, 3.63) is 54.3 Å². The molecule has 2 aromatic carbocycles. The van der Waals surface area contributed by atoms with Crippen LogP contribution in [0.3, 0.4) is 0 Å². The van der Waals surface area contributed by atoms with E-state index in [9.17, 15) is 17.6 Å². The van der Waals surface area contributed by atoms with Crippen LogP contribution in [0.4, 0.5) is 10.1 Å². The zero-order valence-corrected chi connectivity index (χ0v) is 17.0. The number of halogens is 1. The van der Waals surface area contributed by atoms with E-state index in [0.29, 0.717) is 31.1 Å². The van der Waals surface area contributed by atoms with E-state index in [-0.39, 0.29) is 30.4 Å². The minimum absolute atomic E-state index is 0.0591. The first-order valence-corrected chi connectivity index (χ1v) is 10.8. The molecule has 2 aromatic rings. The molecule has 156 valence electrons. The Labute approximate surface area is 170 Å². The summed E-state index contributed by atoms with van der Waals surface area (Å²) in [5, 5.41) is 2.84. The van der Waals surface area contributed by atoms with Gasteiger partial charge in [0.1, 0.15) is 11.6 Å². The molecule has 7 nitrogen and oxygen atoms in total. The van der Waals surface area contributed by atoms with Gasteiger partial charge in [-0.3, -0.25) is 9.69 Å². The number of benzene rings is 2. The molecule has 0 unspecified atom stereocenters. The quantitative estimate of drug-likeness (QED) is 0.741. The number of para-hydroxylation sites is 2. The van der Waals surface area contributed by atoms with Crippen LogP contribution >= 0.6 is 0 Å². The van der Waals surface area contributed by atoms with Gasteiger partial charge in [-0.25, -0.2) is 12.8 Å². The number of ether oxygens (including phenoxy) is 1. The number of piperazine rings is 1. The van der Waals surface area contributed by atoms with Crippen LogP contribution < -0.4 is 10.1 Å². The lowest BCUT2D eigenvalue weighted by atomic mass is 10.3. The number of hydrogen-bond acceptors (Lipinski definition) is 5. The molecule has 29 heavy (non-hydrogen) atoms. The molecule has 1 N–H and O–H groups in total. The number of anilines is 1. The molecule has 0 atom stereocenters. The highest BCUT2D eigenvalue weighted by molar-refractivity contribution is 7.89. The summed E-state index contributed by atoms with van der Waals surface area (Å²) in [6, 6.07) is 12.2. The minimum atomic E-state index is -3.75. The van der Waals surface area contributed by atoms with Gasteiger partial charge in [-0.05, 0) is 37.3 Å². The fourth-order valence-electron chi connectivity index (χ4n) is 3.15. The van der Waals surface area contributed by atoms with E-state index in [0.717, 1.165) is 6.07 Å². The van der Waals surface area contributed by atoms with Crippen LogP contribution in [0.5, 0.6) is 5.75 Å². The average Bonchev–Trinajstić information content (AvgIpc) is 2.70. The van der Waals surface area contributed by atoms with Crippen molar-refractivity contribution < 1.29 is 22.3 Å². The molecule has 0 bridgehead atoms. The van der Waals surface area contributed by atoms with Gasteiger partial charge in [0.25, 0.3) is 0 Å². The lowest BCUT2D eigenvalue weighted by molar-refractivity contribution is -0.117. The molecule has 1 heterocycles. The van der Waals surface area contributed by atoms with E-state index in [1.54, 1.807) is 12.1 Å². The Balaban J connectivity index is 1.55. The van der Waals surface area contributed by atoms with Gasteiger partial charge in [-0.2, -0.15) is 4.31 Å². The Hall–Kier alpha value is -2.49. The third kappa shape index (κ3) is 5.31. The summed E-state index contributed by atoms with van der Waals surface area (Å²) in [7, 11) is -3.75. The van der Waals surface area contributed by atoms with Gasteiger partial charge < -0.3 is 10.1 Å². The molecule has 0 saturated carbocycles. The Morgan fingerprint density at radius 2 is 1.83 bits per heavy atom. The second-order valence-electron chi connectivity index (χ2n) is 6.61. The summed E-state index contributed by atoms with van der Waals surface area (Å²) in [5.41, 5.74) is 0.603. The standard InChI is InChI=1S/C20H24FN3O4S/c1-2-28-19-9-4-3-8-18(19)22-20(25)15-23-10-12-24(13-11-23)29(26,27)17-7-5-6-16(21)14-17/h3-9,14H,2,10-13,15H2,1H3,(H,22,25). The van der Waals surface area contributed by atoms with Gasteiger partial charge >= 0.3 is 0 Å². The fourth-order valence-corrected chi connectivity index (χ4v) is 4.60. The first-order valence-electron chi connectivity index (χ1n) is 9.40. The van der Waals surface area contributed by atoms with E-state index in [1.807, 2.05) is 24.0 Å². The molecule has 0 aliphatic carbocycles. The maximum Gasteiger partial charge on any atom is 0.243 e. The molecule has 9 heteroatoms. The number of nitrogens with one attached hydrogen (secondary N) is 1. The highest BCUT2D eigenvalue weighted by atomic mass is 32.2. The third-order valence-corrected chi connectivity index (χ3v) is 6.49. The summed E-state index contributed by atoms with van der Waals surface area (Å²) in [6.07, 6.45) is 0. The van der Waals surface area contributed by atoms with Crippen molar-refractivity contribution in [2.45, 2.75) is 11.8 Å². The predicted octanol–water partition coefficient (Wildman–Crippen LogP) is 2.17. The molecular formula is C20H24FN3O4S. The lowest BCUT2D eigenvalue weighted by Gasteiger charge is -2.33. The molecule has 0 radical (unpaired) electrons. The SMILES string of the molecule is CCOc1ccccc1NC(=O)CN1CCN(S(=O)(=O)c2cccc(F)c2)CC1. The van der Waals surface area contributed by atoms with Crippen LogP contribution in [0.25, 0.3) is 0 Å². The number of rotatable bonds is 7. The monoisotopic (exact) mass is 421 g/mol. The van der Waals surface area contributed by atoms with E-state index in [1.165, 1.54) is 22.5 Å². The summed E-state index contributed by atoms with van der Waals surface area (Å²) in [4.78, 5) is 14.2. The van der Waals surface area contributed by atoms with Gasteiger partial charge in [0.05, 0.1) is 23.7 Å². The van der Waals surface area contributed by atoms with E-state index < -0.39 is 15.8 Å². The Morgan fingerprint density at radius 3 is 2.52 bits per heavy atom. The van der Waals surface area contributed by atoms with Crippen molar-refractivity contribution in [2.75, 3.05) is 44.6 Å². The molecule has 1 amide bonds. The maximum atomic E-state index is 13.4. The molecule has 0 aromatic heterocycles. The Bertz CT molecular complexity index is 960. The molecule has 1 saturated heterocycles. The molecule has 1 fully saturated rings. The van der Waals surface area contributed by atoms with Gasteiger partial charge in [0.2, 0.25) is 15.9 Å². The van der Waals surface area contributed by atoms with Crippen LogP contribution in [0.15, 0.2) is 53.4 Å². The fraction of sp³-hybridized carbons (Fsp3) is 0.350. The summed E-state index contributed by atoms with van der Waals surface area (Å²) in [6.45, 7) is 3.81. The number of carbonyl (C=O) groups excluding carboxylic acids is 1. The van der Waals surface area contributed by atoms with Crippen molar-refractivity contribution in [1.82, 2.24) is 9.21 Å². The molecule has 0 spiro atoms. The average molecular weight is 421 g/mol. The van der Waals surface area contributed by atoms with Crippen LogP contribution in [-0.4, -0.2) is 62.9 Å². The zero-order valence-electron chi connectivity index (χ0n) is 16.2. The maximum absolute atomic E-state index is 13.4. The normalized spacial score (nSPS) is 15.8. The highest BCUT2D eigenvalue weighted by Crippen LogP contribution is 2.24. The van der Waals surface area contributed by atoms with Gasteiger partial charge in [0, 0.05) is 26.2 Å². The Morgan fingerprint density at radius 1 is 1.10 bits per heavy atom. The molecular weight excluding hydrogens is 397 g/mol. The van der Waals surface area contributed by atoms with Crippen LogP contribution in [0.2, 0.25) is 0 Å². The number of sulfonamides is 1. The van der Waals surface area contributed by atoms with Gasteiger partial charge in [0.15, 0.2) is 0 Å². The lowest BCUT2D eigenvalue weighted by Crippen LogP contribution is -2.50. The van der Waals surface area contributed by atoms with E-state index in [2.05, 4.69) is 5.32 Å². The van der Waals surface area contributed by atoms with Crippen LogP contribution in [0, 0.1) is 5.82 Å². The Kier molecular flexibility index (Phi) is 6.83. The van der Waals surface area contributed by atoms with Crippen LogP contribution in [-0.2, 0) is 14.8 Å². The summed E-state index contributed by atoms with van der Waals surface area (Å²) >= 11 is 0. The first-order chi connectivity index (χ1) is 13.9. The minimum Gasteiger partial charge on any atom is -0.492 e. The topological polar surface area (TPSA) is 79.0 Å². The largest absolute Gasteiger partial charge is 0.492 e. The molecule has 1 aliphatic rings. The van der Waals surface area contributed by atoms with Crippen molar-refractivity contribution in [1.29, 1.82) is 0 Å². The third-order valence-electron chi connectivity index (χ3n) is 4.59. The predicted molar refractivity (Wildman–Crippen MR) is 108 cm³/mol.